The van der Waals surface area contributed by atoms with Crippen molar-refractivity contribution in [3.05, 3.63) is 57.1 Å². The van der Waals surface area contributed by atoms with Crippen molar-refractivity contribution in [2.45, 2.75) is 40.7 Å². The van der Waals surface area contributed by atoms with E-state index in [1.165, 1.54) is 23.1 Å². The van der Waals surface area contributed by atoms with Crippen LogP contribution in [0.15, 0.2) is 30.3 Å². The van der Waals surface area contributed by atoms with Gasteiger partial charge in [-0.05, 0) is 43.9 Å². The zero-order chi connectivity index (χ0) is 22.2. The first kappa shape index (κ1) is 21.3. The standard InChI is InChI=1S/C22H25N3O5/c1-12(2)21-22(27)24(17-10-16(25(28)29)6-7-18(17)30-21)11-19(26)23-20-14(4)8-13(3)9-15(20)5/h6-10,12,21H,11H2,1-5H3,(H,23,26). The van der Waals surface area contributed by atoms with Crippen LogP contribution in [-0.4, -0.2) is 29.4 Å². The summed E-state index contributed by atoms with van der Waals surface area (Å²) < 4.78 is 5.78. The SMILES string of the molecule is Cc1cc(C)c(NC(=O)CN2C(=O)C(C(C)C)Oc3ccc([N+](=O)[O-])cc32)c(C)c1. The number of nitro benzene ring substituents is 1. The fraction of sp³-hybridized carbons (Fsp3) is 0.364. The molecule has 2 aromatic rings. The van der Waals surface area contributed by atoms with Gasteiger partial charge in [0.05, 0.1) is 10.6 Å². The Bertz CT molecular complexity index is 1010. The maximum Gasteiger partial charge on any atom is 0.271 e. The Kier molecular flexibility index (Phi) is 5.78. The van der Waals surface area contributed by atoms with Gasteiger partial charge in [0.1, 0.15) is 12.3 Å². The average molecular weight is 411 g/mol. The van der Waals surface area contributed by atoms with Crippen molar-refractivity contribution in [1.29, 1.82) is 0 Å². The number of benzene rings is 2. The zero-order valence-electron chi connectivity index (χ0n) is 17.7. The molecule has 3 rings (SSSR count). The Morgan fingerprint density at radius 3 is 2.40 bits per heavy atom. The lowest BCUT2D eigenvalue weighted by molar-refractivity contribution is -0.384. The average Bonchev–Trinajstić information content (AvgIpc) is 2.66. The molecule has 0 saturated heterocycles. The Morgan fingerprint density at radius 2 is 1.83 bits per heavy atom. The topological polar surface area (TPSA) is 102 Å². The fourth-order valence-electron chi connectivity index (χ4n) is 3.67. The van der Waals surface area contributed by atoms with Crippen LogP contribution < -0.4 is 15.0 Å². The lowest BCUT2D eigenvalue weighted by Crippen LogP contribution is -2.50. The van der Waals surface area contributed by atoms with E-state index in [0.29, 0.717) is 11.4 Å². The minimum absolute atomic E-state index is 0.131. The van der Waals surface area contributed by atoms with E-state index in [1.54, 1.807) is 0 Å². The smallest absolute Gasteiger partial charge is 0.271 e. The Labute approximate surface area is 175 Å². The van der Waals surface area contributed by atoms with Crippen molar-refractivity contribution in [2.75, 3.05) is 16.8 Å². The van der Waals surface area contributed by atoms with Gasteiger partial charge >= 0.3 is 0 Å². The number of nitrogens with zero attached hydrogens (tertiary/aromatic N) is 2. The van der Waals surface area contributed by atoms with Gasteiger partial charge in [-0.2, -0.15) is 0 Å². The van der Waals surface area contributed by atoms with Crippen LogP contribution in [0.3, 0.4) is 0 Å². The number of fused-ring (bicyclic) bond motifs is 1. The van der Waals surface area contributed by atoms with Gasteiger partial charge < -0.3 is 10.1 Å². The summed E-state index contributed by atoms with van der Waals surface area (Å²) in [4.78, 5) is 37.8. The molecule has 1 heterocycles. The summed E-state index contributed by atoms with van der Waals surface area (Å²) in [7, 11) is 0. The monoisotopic (exact) mass is 411 g/mol. The number of amides is 2. The van der Waals surface area contributed by atoms with E-state index in [2.05, 4.69) is 5.32 Å². The van der Waals surface area contributed by atoms with Crippen LogP contribution in [0, 0.1) is 36.8 Å². The highest BCUT2D eigenvalue weighted by Gasteiger charge is 2.38. The molecule has 0 spiro atoms. The van der Waals surface area contributed by atoms with Gasteiger partial charge in [-0.15, -0.1) is 0 Å². The molecule has 0 aromatic heterocycles. The van der Waals surface area contributed by atoms with E-state index in [1.807, 2.05) is 46.8 Å². The van der Waals surface area contributed by atoms with Gasteiger partial charge in [0.15, 0.2) is 6.10 Å². The number of nitro groups is 1. The maximum atomic E-state index is 13.0. The molecule has 0 aliphatic carbocycles. The summed E-state index contributed by atoms with van der Waals surface area (Å²) in [5.74, 6) is -0.576. The van der Waals surface area contributed by atoms with E-state index in [-0.39, 0.29) is 29.7 Å². The van der Waals surface area contributed by atoms with E-state index < -0.39 is 16.9 Å². The molecular weight excluding hydrogens is 386 g/mol. The molecule has 2 aromatic carbocycles. The molecule has 1 N–H and O–H groups in total. The second-order valence-electron chi connectivity index (χ2n) is 7.94. The number of rotatable bonds is 5. The van der Waals surface area contributed by atoms with Crippen LogP contribution in [0.2, 0.25) is 0 Å². The van der Waals surface area contributed by atoms with Gasteiger partial charge in [0.25, 0.3) is 11.6 Å². The van der Waals surface area contributed by atoms with E-state index in [0.717, 1.165) is 16.7 Å². The summed E-state index contributed by atoms with van der Waals surface area (Å²) >= 11 is 0. The van der Waals surface area contributed by atoms with E-state index in [4.69, 9.17) is 4.74 Å². The second-order valence-corrected chi connectivity index (χ2v) is 7.94. The molecule has 0 bridgehead atoms. The summed E-state index contributed by atoms with van der Waals surface area (Å²) in [5.41, 5.74) is 3.68. The summed E-state index contributed by atoms with van der Waals surface area (Å²) in [5, 5.41) is 14.1. The number of ether oxygens (including phenoxy) is 1. The number of hydrogen-bond donors (Lipinski definition) is 1. The number of anilines is 2. The number of hydrogen-bond acceptors (Lipinski definition) is 5. The van der Waals surface area contributed by atoms with E-state index >= 15 is 0 Å². The number of nitrogens with one attached hydrogen (secondary N) is 1. The first-order chi connectivity index (χ1) is 14.1. The molecule has 0 radical (unpaired) electrons. The zero-order valence-corrected chi connectivity index (χ0v) is 17.7. The first-order valence-corrected chi connectivity index (χ1v) is 9.72. The summed E-state index contributed by atoms with van der Waals surface area (Å²) in [6, 6.07) is 7.99. The predicted octanol–water partition coefficient (Wildman–Crippen LogP) is 3.91. The fourth-order valence-corrected chi connectivity index (χ4v) is 3.67. The predicted molar refractivity (Wildman–Crippen MR) is 114 cm³/mol. The number of carbonyl (C=O) groups excluding carboxylic acids is 2. The minimum atomic E-state index is -0.769. The van der Waals surface area contributed by atoms with Crippen molar-refractivity contribution in [3.8, 4) is 5.75 Å². The van der Waals surface area contributed by atoms with Crippen LogP contribution in [0.4, 0.5) is 17.1 Å². The molecule has 1 aliphatic rings. The van der Waals surface area contributed by atoms with Crippen molar-refractivity contribution in [2.24, 2.45) is 5.92 Å². The van der Waals surface area contributed by atoms with Crippen molar-refractivity contribution in [3.63, 3.8) is 0 Å². The number of non-ortho nitro benzene ring substituents is 1. The molecule has 8 nitrogen and oxygen atoms in total. The molecule has 1 unspecified atom stereocenters. The molecule has 2 amide bonds. The van der Waals surface area contributed by atoms with Crippen LogP contribution >= 0.6 is 0 Å². The molecule has 158 valence electrons. The molecule has 30 heavy (non-hydrogen) atoms. The van der Waals surface area contributed by atoms with Gasteiger partial charge in [-0.1, -0.05) is 31.5 Å². The highest BCUT2D eigenvalue weighted by molar-refractivity contribution is 6.06. The van der Waals surface area contributed by atoms with Crippen LogP contribution in [0.25, 0.3) is 0 Å². The lowest BCUT2D eigenvalue weighted by Gasteiger charge is -2.35. The third-order valence-corrected chi connectivity index (χ3v) is 5.06. The highest BCUT2D eigenvalue weighted by atomic mass is 16.6. The summed E-state index contributed by atoms with van der Waals surface area (Å²) in [6.45, 7) is 9.21. The van der Waals surface area contributed by atoms with E-state index in [9.17, 15) is 19.7 Å². The Morgan fingerprint density at radius 1 is 1.20 bits per heavy atom. The third kappa shape index (κ3) is 4.12. The molecule has 1 aliphatic heterocycles. The van der Waals surface area contributed by atoms with Gasteiger partial charge in [0, 0.05) is 17.8 Å². The number of carbonyl (C=O) groups is 2. The van der Waals surface area contributed by atoms with Crippen molar-refractivity contribution < 1.29 is 19.2 Å². The molecular formula is C22H25N3O5. The van der Waals surface area contributed by atoms with Crippen LogP contribution in [-0.2, 0) is 9.59 Å². The molecule has 0 fully saturated rings. The number of aryl methyl sites for hydroxylation is 3. The van der Waals surface area contributed by atoms with Crippen LogP contribution in [0.5, 0.6) is 5.75 Å². The van der Waals surface area contributed by atoms with Crippen LogP contribution in [0.1, 0.15) is 30.5 Å². The molecule has 1 atom stereocenters. The van der Waals surface area contributed by atoms with Gasteiger partial charge in [-0.3, -0.25) is 24.6 Å². The van der Waals surface area contributed by atoms with Crippen molar-refractivity contribution in [1.82, 2.24) is 0 Å². The first-order valence-electron chi connectivity index (χ1n) is 9.72. The largest absolute Gasteiger partial charge is 0.478 e. The molecule has 0 saturated carbocycles. The lowest BCUT2D eigenvalue weighted by atomic mass is 10.0. The van der Waals surface area contributed by atoms with Gasteiger partial charge in [-0.25, -0.2) is 0 Å². The third-order valence-electron chi connectivity index (χ3n) is 5.06. The second kappa shape index (κ2) is 8.14. The summed E-state index contributed by atoms with van der Waals surface area (Å²) in [6.07, 6.45) is -0.769. The quantitative estimate of drug-likeness (QED) is 0.594. The Balaban J connectivity index is 1.93. The molecule has 8 heteroatoms. The Hall–Kier alpha value is -3.42. The maximum absolute atomic E-state index is 13.0. The van der Waals surface area contributed by atoms with Crippen molar-refractivity contribution >= 4 is 28.9 Å². The normalized spacial score (nSPS) is 15.6. The highest BCUT2D eigenvalue weighted by Crippen LogP contribution is 2.38. The minimum Gasteiger partial charge on any atom is -0.478 e. The van der Waals surface area contributed by atoms with Gasteiger partial charge in [0.2, 0.25) is 5.91 Å².